The van der Waals surface area contributed by atoms with Gasteiger partial charge < -0.3 is 10.1 Å². The van der Waals surface area contributed by atoms with Crippen LogP contribution in [0.4, 0.5) is 5.69 Å². The molecule has 0 bridgehead atoms. The second-order valence-corrected chi connectivity index (χ2v) is 4.62. The molecule has 1 aromatic rings. The predicted molar refractivity (Wildman–Crippen MR) is 82.3 cm³/mol. The third-order valence-electron chi connectivity index (χ3n) is 2.98. The molecule has 0 radical (unpaired) electrons. The number of unbranched alkanes of at least 4 members (excludes halogenated alkanes) is 1. The fraction of sp³-hybridized carbons (Fsp3) is 0.467. The smallest absolute Gasteiger partial charge is 0.306 e. The van der Waals surface area contributed by atoms with E-state index in [0.717, 1.165) is 12.8 Å². The second-order valence-electron chi connectivity index (χ2n) is 4.62. The zero-order valence-electron chi connectivity index (χ0n) is 12.8. The van der Waals surface area contributed by atoms with Gasteiger partial charge in [-0.2, -0.15) is 0 Å². The van der Waals surface area contributed by atoms with Crippen LogP contribution in [0.3, 0.4) is 0 Å². The summed E-state index contributed by atoms with van der Waals surface area (Å²) < 4.78 is 5.23. The highest BCUT2D eigenvalue weighted by molar-refractivity contribution is 5.86. The lowest BCUT2D eigenvalue weighted by molar-refractivity contribution is -0.156. The molecule has 1 N–H and O–H groups in total. The molecule has 0 aliphatic heterocycles. The highest BCUT2D eigenvalue weighted by Crippen LogP contribution is 2.28. The molecule has 1 atom stereocenters. The van der Waals surface area contributed by atoms with E-state index in [9.17, 15) is 9.59 Å². The van der Waals surface area contributed by atoms with Gasteiger partial charge in [-0.05, 0) is 12.0 Å². The zero-order chi connectivity index (χ0) is 16.4. The predicted octanol–water partition coefficient (Wildman–Crippen LogP) is 3.54. The number of carbonyl (C=O) groups excluding carboxylic acids is 2. The molecule has 0 spiro atoms. The van der Waals surface area contributed by atoms with Gasteiger partial charge in [0, 0.05) is 29.1 Å². The number of hydrogen-bond acceptors (Lipinski definition) is 4. The van der Waals surface area contributed by atoms with E-state index in [2.05, 4.69) is 15.3 Å². The summed E-state index contributed by atoms with van der Waals surface area (Å²) in [5, 5.41) is 6.28. The average molecular weight is 304 g/mol. The molecule has 7 nitrogen and oxygen atoms in total. The zero-order valence-corrected chi connectivity index (χ0v) is 12.8. The number of nitrogens with one attached hydrogen (secondary N) is 1. The van der Waals surface area contributed by atoms with Crippen molar-refractivity contribution in [2.75, 3.05) is 6.54 Å². The van der Waals surface area contributed by atoms with Crippen molar-refractivity contribution in [3.8, 4) is 0 Å². The average Bonchev–Trinajstić information content (AvgIpc) is 2.53. The van der Waals surface area contributed by atoms with Crippen LogP contribution in [0.1, 0.15) is 44.8 Å². The highest BCUT2D eigenvalue weighted by Gasteiger charge is 2.26. The number of nitrogens with zero attached hydrogens (tertiary/aromatic N) is 3. The summed E-state index contributed by atoms with van der Waals surface area (Å²) in [6, 6.07) is 6.55. The van der Waals surface area contributed by atoms with E-state index >= 15 is 0 Å². The number of hydrogen-bond donors (Lipinski definition) is 1. The van der Waals surface area contributed by atoms with Gasteiger partial charge in [-0.15, -0.1) is 0 Å². The van der Waals surface area contributed by atoms with Crippen LogP contribution in [0.5, 0.6) is 0 Å². The molecule has 1 aromatic carbocycles. The summed E-state index contributed by atoms with van der Waals surface area (Å²) in [6.07, 6.45) is 0.807. The van der Waals surface area contributed by atoms with Gasteiger partial charge in [-0.3, -0.25) is 9.59 Å². The fourth-order valence-corrected chi connectivity index (χ4v) is 1.80. The second kappa shape index (κ2) is 9.41. The van der Waals surface area contributed by atoms with Crippen molar-refractivity contribution in [1.29, 1.82) is 0 Å². The van der Waals surface area contributed by atoms with Crippen LogP contribution in [-0.4, -0.2) is 18.4 Å². The first-order chi connectivity index (χ1) is 10.6. The molecular weight excluding hydrogens is 284 g/mol. The summed E-state index contributed by atoms with van der Waals surface area (Å²) in [5.74, 6) is -0.915. The Kier molecular flexibility index (Phi) is 7.50. The maximum absolute atomic E-state index is 12.3. The van der Waals surface area contributed by atoms with Crippen LogP contribution in [0, 0.1) is 0 Å². The summed E-state index contributed by atoms with van der Waals surface area (Å²) in [6.45, 7) is 4.16. The van der Waals surface area contributed by atoms with Crippen molar-refractivity contribution in [3.05, 3.63) is 40.3 Å². The first kappa shape index (κ1) is 17.5. The van der Waals surface area contributed by atoms with E-state index in [4.69, 9.17) is 10.3 Å². The van der Waals surface area contributed by atoms with Gasteiger partial charge in [-0.1, -0.05) is 49.6 Å². The topological polar surface area (TPSA) is 104 Å². The lowest BCUT2D eigenvalue weighted by Crippen LogP contribution is -2.32. The summed E-state index contributed by atoms with van der Waals surface area (Å²) in [5.41, 5.74) is 9.26. The van der Waals surface area contributed by atoms with E-state index in [1.54, 1.807) is 31.2 Å². The number of benzene rings is 1. The lowest BCUT2D eigenvalue weighted by atomic mass is 10.1. The minimum absolute atomic E-state index is 0.155. The molecular formula is C15H20N4O3. The van der Waals surface area contributed by atoms with Crippen LogP contribution in [0.2, 0.25) is 0 Å². The van der Waals surface area contributed by atoms with Crippen LogP contribution in [0.25, 0.3) is 10.4 Å². The highest BCUT2D eigenvalue weighted by atomic mass is 16.5. The molecule has 7 heteroatoms. The van der Waals surface area contributed by atoms with Gasteiger partial charge >= 0.3 is 5.97 Å². The first-order valence-electron chi connectivity index (χ1n) is 7.25. The maximum atomic E-state index is 12.3. The third-order valence-corrected chi connectivity index (χ3v) is 2.98. The number of azide groups is 1. The van der Waals surface area contributed by atoms with Gasteiger partial charge in [0.25, 0.3) is 5.91 Å². The minimum atomic E-state index is -1.12. The van der Waals surface area contributed by atoms with Crippen LogP contribution in [-0.2, 0) is 14.3 Å². The number of carbonyl (C=O) groups is 2. The van der Waals surface area contributed by atoms with Gasteiger partial charge in [0.1, 0.15) is 0 Å². The van der Waals surface area contributed by atoms with Gasteiger partial charge in [0.15, 0.2) is 0 Å². The van der Waals surface area contributed by atoms with Crippen molar-refractivity contribution in [2.24, 2.45) is 5.11 Å². The summed E-state index contributed by atoms with van der Waals surface area (Å²) >= 11 is 0. The van der Waals surface area contributed by atoms with Crippen molar-refractivity contribution < 1.29 is 14.3 Å². The van der Waals surface area contributed by atoms with E-state index in [0.29, 0.717) is 12.1 Å². The standard InChI is InChI=1S/C15H20N4O3/c1-3-5-10-17-15(21)14(22-13(20)4-2)11-8-6-7-9-12(11)18-19-16/h6-9,14H,3-5,10H2,1-2H3,(H,17,21). The summed E-state index contributed by atoms with van der Waals surface area (Å²) in [4.78, 5) is 26.6. The molecule has 1 amide bonds. The van der Waals surface area contributed by atoms with Gasteiger partial charge in [-0.25, -0.2) is 0 Å². The summed E-state index contributed by atoms with van der Waals surface area (Å²) in [7, 11) is 0. The van der Waals surface area contributed by atoms with E-state index in [1.807, 2.05) is 6.92 Å². The molecule has 0 aromatic heterocycles. The normalized spacial score (nSPS) is 11.2. The minimum Gasteiger partial charge on any atom is -0.447 e. The molecule has 1 unspecified atom stereocenters. The number of ether oxygens (including phenoxy) is 1. The van der Waals surface area contributed by atoms with Crippen LogP contribution < -0.4 is 5.32 Å². The monoisotopic (exact) mass is 304 g/mol. The molecule has 0 aliphatic carbocycles. The molecule has 0 aliphatic rings. The number of amides is 1. The quantitative estimate of drug-likeness (QED) is 0.261. The van der Waals surface area contributed by atoms with Crippen molar-refractivity contribution in [1.82, 2.24) is 5.32 Å². The van der Waals surface area contributed by atoms with Crippen LogP contribution >= 0.6 is 0 Å². The first-order valence-corrected chi connectivity index (χ1v) is 7.25. The van der Waals surface area contributed by atoms with Crippen molar-refractivity contribution >= 4 is 17.6 Å². The Labute approximate surface area is 129 Å². The van der Waals surface area contributed by atoms with E-state index in [-0.39, 0.29) is 12.1 Å². The molecule has 22 heavy (non-hydrogen) atoms. The number of esters is 1. The molecule has 0 heterocycles. The Bertz CT molecular complexity index is 568. The molecule has 1 rings (SSSR count). The SMILES string of the molecule is CCCCNC(=O)C(OC(=O)CC)c1ccccc1N=[N+]=[N-]. The van der Waals surface area contributed by atoms with Gasteiger partial charge in [0.05, 0.1) is 0 Å². The molecule has 0 saturated heterocycles. The Morgan fingerprint density at radius 1 is 1.36 bits per heavy atom. The molecule has 0 saturated carbocycles. The molecule has 0 fully saturated rings. The Balaban J connectivity index is 3.06. The largest absolute Gasteiger partial charge is 0.447 e. The lowest BCUT2D eigenvalue weighted by Gasteiger charge is -2.19. The Hall–Kier alpha value is -2.53. The van der Waals surface area contributed by atoms with Crippen LogP contribution in [0.15, 0.2) is 29.4 Å². The van der Waals surface area contributed by atoms with Gasteiger partial charge in [0.2, 0.25) is 6.10 Å². The maximum Gasteiger partial charge on any atom is 0.306 e. The fourth-order valence-electron chi connectivity index (χ4n) is 1.80. The number of rotatable bonds is 8. The van der Waals surface area contributed by atoms with Crippen molar-refractivity contribution in [3.63, 3.8) is 0 Å². The van der Waals surface area contributed by atoms with E-state index < -0.39 is 18.0 Å². The Morgan fingerprint density at radius 2 is 2.09 bits per heavy atom. The van der Waals surface area contributed by atoms with Crippen molar-refractivity contribution in [2.45, 2.75) is 39.2 Å². The third kappa shape index (κ3) is 5.10. The molecule has 118 valence electrons. The Morgan fingerprint density at radius 3 is 2.73 bits per heavy atom. The van der Waals surface area contributed by atoms with E-state index in [1.165, 1.54) is 0 Å².